The van der Waals surface area contributed by atoms with E-state index in [1.807, 2.05) is 73.1 Å². The topological polar surface area (TPSA) is 96.4 Å². The number of carbonyl (C=O) groups is 3. The van der Waals surface area contributed by atoms with Crippen molar-refractivity contribution < 1.29 is 19.1 Å². The molecule has 4 aromatic rings. The van der Waals surface area contributed by atoms with Crippen molar-refractivity contribution in [1.29, 1.82) is 0 Å². The maximum atomic E-state index is 13.2. The van der Waals surface area contributed by atoms with Crippen LogP contribution in [0, 0.1) is 13.8 Å². The Bertz CT molecular complexity index is 1450. The van der Waals surface area contributed by atoms with E-state index in [-0.39, 0.29) is 12.3 Å². The Kier molecular flexibility index (Phi) is 5.64. The Morgan fingerprint density at radius 1 is 1.06 bits per heavy atom. The fourth-order valence-corrected chi connectivity index (χ4v) is 4.79. The third kappa shape index (κ3) is 3.97. The van der Waals surface area contributed by atoms with Crippen LogP contribution in [0.1, 0.15) is 27.3 Å². The zero-order valence-electron chi connectivity index (χ0n) is 19.8. The predicted octanol–water partition coefficient (Wildman–Crippen LogP) is 3.93. The van der Waals surface area contributed by atoms with Crippen LogP contribution < -0.4 is 10.1 Å². The van der Waals surface area contributed by atoms with Gasteiger partial charge in [-0.3, -0.25) is 14.5 Å². The van der Waals surface area contributed by atoms with Crippen molar-refractivity contribution in [1.82, 2.24) is 19.8 Å². The number of hydrogen-bond donors (Lipinski definition) is 2. The minimum absolute atomic E-state index is 0.283. The van der Waals surface area contributed by atoms with E-state index in [0.717, 1.165) is 44.2 Å². The Morgan fingerprint density at radius 3 is 2.54 bits per heavy atom. The van der Waals surface area contributed by atoms with Crippen molar-refractivity contribution in [3.63, 3.8) is 0 Å². The van der Waals surface area contributed by atoms with E-state index in [9.17, 15) is 14.4 Å². The summed E-state index contributed by atoms with van der Waals surface area (Å²) in [4.78, 5) is 43.1. The van der Waals surface area contributed by atoms with Crippen LogP contribution in [0.2, 0.25) is 0 Å². The molecule has 3 heterocycles. The molecule has 2 aromatic heterocycles. The van der Waals surface area contributed by atoms with E-state index in [2.05, 4.69) is 10.3 Å². The van der Waals surface area contributed by atoms with Gasteiger partial charge in [-0.15, -0.1) is 0 Å². The van der Waals surface area contributed by atoms with Crippen LogP contribution in [0.3, 0.4) is 0 Å². The number of fused-ring (bicyclic) bond motifs is 1. The molecule has 0 radical (unpaired) electrons. The van der Waals surface area contributed by atoms with Gasteiger partial charge in [-0.05, 0) is 55.8 Å². The van der Waals surface area contributed by atoms with Crippen molar-refractivity contribution >= 4 is 28.6 Å². The molecule has 0 aliphatic carbocycles. The summed E-state index contributed by atoms with van der Waals surface area (Å²) in [5.74, 6) is 0.0694. The van der Waals surface area contributed by atoms with Gasteiger partial charge in [-0.2, -0.15) is 0 Å². The van der Waals surface area contributed by atoms with Gasteiger partial charge in [0.05, 0.1) is 13.7 Å². The lowest BCUT2D eigenvalue weighted by Gasteiger charge is -2.13. The monoisotopic (exact) mass is 470 g/mol. The molecule has 1 fully saturated rings. The molecule has 1 aliphatic heterocycles. The Labute approximate surface area is 202 Å². The number of rotatable bonds is 7. The molecule has 1 saturated heterocycles. The molecule has 2 aromatic carbocycles. The summed E-state index contributed by atoms with van der Waals surface area (Å²) in [7, 11) is 1.61. The molecule has 35 heavy (non-hydrogen) atoms. The summed E-state index contributed by atoms with van der Waals surface area (Å²) in [6, 6.07) is 15.9. The van der Waals surface area contributed by atoms with Crippen molar-refractivity contribution in [2.24, 2.45) is 0 Å². The molecular weight excluding hydrogens is 444 g/mol. The molecule has 0 unspecified atom stereocenters. The average Bonchev–Trinajstić information content (AvgIpc) is 3.49. The zero-order valence-corrected chi connectivity index (χ0v) is 19.8. The number of nitrogens with one attached hydrogen (secondary N) is 2. The van der Waals surface area contributed by atoms with Gasteiger partial charge < -0.3 is 19.6 Å². The average molecular weight is 471 g/mol. The number of aryl methyl sites for hydroxylation is 1. The third-order valence-electron chi connectivity index (χ3n) is 6.57. The number of nitrogens with zero attached hydrogens (tertiary/aromatic N) is 2. The number of Topliss-reactive ketones (excluding diaryl/α,β-unsaturated/α-hetero) is 1. The molecule has 1 aliphatic rings. The smallest absolute Gasteiger partial charge is 0.325 e. The van der Waals surface area contributed by atoms with Crippen LogP contribution in [-0.2, 0) is 11.2 Å². The number of imide groups is 1. The predicted molar refractivity (Wildman–Crippen MR) is 132 cm³/mol. The number of benzene rings is 2. The van der Waals surface area contributed by atoms with Crippen LogP contribution in [-0.4, -0.2) is 51.9 Å². The summed E-state index contributed by atoms with van der Waals surface area (Å²) < 4.78 is 7.20. The van der Waals surface area contributed by atoms with Crippen LogP contribution >= 0.6 is 0 Å². The highest BCUT2D eigenvalue weighted by molar-refractivity contribution is 6.09. The molecule has 0 spiro atoms. The summed E-state index contributed by atoms with van der Waals surface area (Å²) >= 11 is 0. The second-order valence-electron chi connectivity index (χ2n) is 8.73. The molecule has 178 valence electrons. The number of ether oxygens (including phenoxy) is 1. The van der Waals surface area contributed by atoms with Crippen molar-refractivity contribution in [3.8, 4) is 11.4 Å². The lowest BCUT2D eigenvalue weighted by atomic mass is 10.0. The number of ketones is 1. The SMILES string of the molecule is COc1ccc(-n2c(C)cc(C(=O)CN3C(=O)N[C@@H](Cc4c[nH]c5ccccc45)C3=O)c2C)cc1. The molecule has 1 atom stereocenters. The number of aromatic amines is 1. The number of methoxy groups -OCH3 is 1. The van der Waals surface area contributed by atoms with Gasteiger partial charge in [-0.1, -0.05) is 18.2 Å². The molecular formula is C27H26N4O4. The van der Waals surface area contributed by atoms with E-state index >= 15 is 0 Å². The molecule has 0 bridgehead atoms. The van der Waals surface area contributed by atoms with Crippen molar-refractivity contribution in [2.75, 3.05) is 13.7 Å². The van der Waals surface area contributed by atoms with Crippen molar-refractivity contribution in [2.45, 2.75) is 26.3 Å². The second-order valence-corrected chi connectivity index (χ2v) is 8.73. The molecule has 3 amide bonds. The first kappa shape index (κ1) is 22.5. The van der Waals surface area contributed by atoms with Gasteiger partial charge in [-0.25, -0.2) is 4.79 Å². The van der Waals surface area contributed by atoms with Gasteiger partial charge >= 0.3 is 6.03 Å². The lowest BCUT2D eigenvalue weighted by molar-refractivity contribution is -0.127. The molecule has 8 nitrogen and oxygen atoms in total. The van der Waals surface area contributed by atoms with E-state index < -0.39 is 18.0 Å². The normalized spacial score (nSPS) is 15.6. The summed E-state index contributed by atoms with van der Waals surface area (Å²) in [5.41, 5.74) is 4.92. The standard InChI is InChI=1S/C27H26N4O4/c1-16-12-22(17(2)31(16)19-8-10-20(35-3)11-9-19)25(32)15-30-26(33)24(29-27(30)34)13-18-14-28-23-7-5-4-6-21(18)23/h4-12,14,24,28H,13,15H2,1-3H3,(H,29,34)/t24-/m0/s1. The number of carbonyl (C=O) groups excluding carboxylic acids is 3. The quantitative estimate of drug-likeness (QED) is 0.316. The number of aromatic nitrogens is 2. The number of hydrogen-bond acceptors (Lipinski definition) is 4. The van der Waals surface area contributed by atoms with Gasteiger partial charge in [0.2, 0.25) is 0 Å². The highest BCUT2D eigenvalue weighted by atomic mass is 16.5. The lowest BCUT2D eigenvalue weighted by Crippen LogP contribution is -2.36. The van der Waals surface area contributed by atoms with Gasteiger partial charge in [0.1, 0.15) is 11.8 Å². The first-order valence-electron chi connectivity index (χ1n) is 11.4. The van der Waals surface area contributed by atoms with Gasteiger partial charge in [0.25, 0.3) is 5.91 Å². The summed E-state index contributed by atoms with van der Waals surface area (Å²) in [5, 5.41) is 3.74. The second kappa shape index (κ2) is 8.79. The number of para-hydroxylation sites is 1. The molecule has 2 N–H and O–H groups in total. The molecule has 8 heteroatoms. The largest absolute Gasteiger partial charge is 0.497 e. The molecule has 0 saturated carbocycles. The number of H-pyrrole nitrogens is 1. The zero-order chi connectivity index (χ0) is 24.7. The van der Waals surface area contributed by atoms with Crippen LogP contribution in [0.25, 0.3) is 16.6 Å². The Balaban J connectivity index is 1.33. The maximum Gasteiger partial charge on any atom is 0.325 e. The van der Waals surface area contributed by atoms with Crippen LogP contribution in [0.4, 0.5) is 4.79 Å². The third-order valence-corrected chi connectivity index (χ3v) is 6.57. The maximum absolute atomic E-state index is 13.2. The van der Waals surface area contributed by atoms with Gasteiger partial charge in [0.15, 0.2) is 5.78 Å². The van der Waals surface area contributed by atoms with Crippen LogP contribution in [0.5, 0.6) is 5.75 Å². The van der Waals surface area contributed by atoms with Crippen molar-refractivity contribution in [3.05, 3.63) is 83.3 Å². The van der Waals surface area contributed by atoms with E-state index in [4.69, 9.17) is 4.74 Å². The highest BCUT2D eigenvalue weighted by Gasteiger charge is 2.39. The Hall–Kier alpha value is -4.33. The van der Waals surface area contributed by atoms with E-state index in [1.165, 1.54) is 0 Å². The fourth-order valence-electron chi connectivity index (χ4n) is 4.79. The first-order chi connectivity index (χ1) is 16.9. The number of amides is 3. The fraction of sp³-hybridized carbons (Fsp3) is 0.222. The molecule has 5 rings (SSSR count). The highest BCUT2D eigenvalue weighted by Crippen LogP contribution is 2.25. The first-order valence-corrected chi connectivity index (χ1v) is 11.4. The van der Waals surface area contributed by atoms with E-state index in [1.54, 1.807) is 13.2 Å². The van der Waals surface area contributed by atoms with Gasteiger partial charge in [0, 0.05) is 46.2 Å². The van der Waals surface area contributed by atoms with E-state index in [0.29, 0.717) is 12.0 Å². The Morgan fingerprint density at radius 2 is 1.80 bits per heavy atom. The minimum Gasteiger partial charge on any atom is -0.497 e. The minimum atomic E-state index is -0.707. The number of urea groups is 1. The summed E-state index contributed by atoms with van der Waals surface area (Å²) in [6.07, 6.45) is 2.21. The van der Waals surface area contributed by atoms with Crippen LogP contribution in [0.15, 0.2) is 60.8 Å². The summed E-state index contributed by atoms with van der Waals surface area (Å²) in [6.45, 7) is 3.47.